The van der Waals surface area contributed by atoms with Gasteiger partial charge in [-0.1, -0.05) is 57.0 Å². The molecule has 0 bridgehead atoms. The molecule has 3 rings (SSSR count). The highest BCUT2D eigenvalue weighted by Gasteiger charge is 2.32. The van der Waals surface area contributed by atoms with Crippen LogP contribution in [0.15, 0.2) is 47.3 Å². The van der Waals surface area contributed by atoms with Gasteiger partial charge < -0.3 is 4.90 Å². The number of fused-ring (bicyclic) bond motifs is 1. The molecule has 0 N–H and O–H groups in total. The van der Waals surface area contributed by atoms with E-state index in [-0.39, 0.29) is 11.5 Å². The predicted molar refractivity (Wildman–Crippen MR) is 127 cm³/mol. The molecular weight excluding hydrogens is 410 g/mol. The van der Waals surface area contributed by atoms with E-state index in [2.05, 4.69) is 0 Å². The number of carbonyl (C=O) groups excluding carboxylic acids is 1. The van der Waals surface area contributed by atoms with Crippen LogP contribution in [0.3, 0.4) is 0 Å². The number of hydrogen-bond donors (Lipinski definition) is 0. The fourth-order valence-electron chi connectivity index (χ4n) is 3.68. The maximum absolute atomic E-state index is 13.6. The Kier molecular flexibility index (Phi) is 6.56. The highest BCUT2D eigenvalue weighted by atomic mass is 35.5. The number of halogens is 1. The minimum Gasteiger partial charge on any atom is -0.332 e. The molecule has 1 aromatic heterocycles. The molecule has 1 heterocycles. The molecule has 0 fully saturated rings. The summed E-state index contributed by atoms with van der Waals surface area (Å²) in [5, 5.41) is 1.01. The maximum atomic E-state index is 13.6. The van der Waals surface area contributed by atoms with E-state index in [0.29, 0.717) is 28.3 Å². The lowest BCUT2D eigenvalue weighted by atomic mass is 9.93. The summed E-state index contributed by atoms with van der Waals surface area (Å²) in [6.07, 6.45) is 0.806. The summed E-state index contributed by atoms with van der Waals surface area (Å²) < 4.78 is 1.62. The molecule has 0 radical (unpaired) electrons. The van der Waals surface area contributed by atoms with Crippen LogP contribution in [0.2, 0.25) is 5.02 Å². The molecule has 2 aromatic carbocycles. The molecular formula is C25H30ClN3O2. The van der Waals surface area contributed by atoms with Crippen LogP contribution in [0.1, 0.15) is 58.5 Å². The number of aryl methyl sites for hydroxylation is 1. The Bertz CT molecular complexity index is 1160. The fourth-order valence-corrected chi connectivity index (χ4v) is 3.85. The van der Waals surface area contributed by atoms with Crippen LogP contribution in [0.4, 0.5) is 0 Å². The van der Waals surface area contributed by atoms with Crippen molar-refractivity contribution in [1.82, 2.24) is 14.5 Å². The molecule has 1 amide bonds. The SMILES string of the molecule is CCCN(C(=O)C(C)(C)C)C(C)c1nc2cc(Cl)ccc2c(=O)n1-c1ccc(C)cc1. The number of aromatic nitrogens is 2. The normalized spacial score (nSPS) is 12.7. The Morgan fingerprint density at radius 3 is 2.39 bits per heavy atom. The third-order valence-electron chi connectivity index (χ3n) is 5.36. The summed E-state index contributed by atoms with van der Waals surface area (Å²) >= 11 is 6.19. The van der Waals surface area contributed by atoms with Crippen LogP contribution in [-0.2, 0) is 4.79 Å². The van der Waals surface area contributed by atoms with Crippen molar-refractivity contribution in [1.29, 1.82) is 0 Å². The zero-order chi connectivity index (χ0) is 22.9. The van der Waals surface area contributed by atoms with Gasteiger partial charge in [-0.3, -0.25) is 14.2 Å². The van der Waals surface area contributed by atoms with Gasteiger partial charge in [-0.15, -0.1) is 0 Å². The second kappa shape index (κ2) is 8.83. The van der Waals surface area contributed by atoms with Crippen molar-refractivity contribution in [3.8, 4) is 5.69 Å². The van der Waals surface area contributed by atoms with Crippen LogP contribution < -0.4 is 5.56 Å². The van der Waals surface area contributed by atoms with Crippen LogP contribution in [-0.4, -0.2) is 26.9 Å². The van der Waals surface area contributed by atoms with Crippen molar-refractivity contribution < 1.29 is 4.79 Å². The number of carbonyl (C=O) groups is 1. The fraction of sp³-hybridized carbons (Fsp3) is 0.400. The average Bonchev–Trinajstić information content (AvgIpc) is 2.71. The molecule has 1 unspecified atom stereocenters. The Morgan fingerprint density at radius 2 is 1.81 bits per heavy atom. The largest absolute Gasteiger partial charge is 0.332 e. The first-order valence-electron chi connectivity index (χ1n) is 10.6. The van der Waals surface area contributed by atoms with Crippen molar-refractivity contribution in [2.75, 3.05) is 6.54 Å². The van der Waals surface area contributed by atoms with E-state index in [1.807, 2.05) is 70.7 Å². The molecule has 0 aliphatic carbocycles. The lowest BCUT2D eigenvalue weighted by Crippen LogP contribution is -2.43. The second-order valence-corrected chi connectivity index (χ2v) is 9.47. The van der Waals surface area contributed by atoms with Crippen molar-refractivity contribution in [2.45, 2.75) is 54.0 Å². The minimum absolute atomic E-state index is 0.0257. The Balaban J connectivity index is 2.30. The quantitative estimate of drug-likeness (QED) is 0.512. The molecule has 164 valence electrons. The maximum Gasteiger partial charge on any atom is 0.266 e. The standard InChI is InChI=1S/C25H30ClN3O2/c1-7-14-28(24(31)25(4,5)6)17(3)22-27-21-15-18(26)10-13-20(21)23(30)29(22)19-11-8-16(2)9-12-19/h8-13,15,17H,7,14H2,1-6H3. The van der Waals surface area contributed by atoms with Gasteiger partial charge in [0, 0.05) is 17.0 Å². The molecule has 0 saturated heterocycles. The van der Waals surface area contributed by atoms with E-state index >= 15 is 0 Å². The van der Waals surface area contributed by atoms with Crippen molar-refractivity contribution >= 4 is 28.4 Å². The van der Waals surface area contributed by atoms with E-state index in [0.717, 1.165) is 17.7 Å². The first kappa shape index (κ1) is 23.0. The van der Waals surface area contributed by atoms with Gasteiger partial charge in [0.2, 0.25) is 5.91 Å². The van der Waals surface area contributed by atoms with Crippen LogP contribution in [0, 0.1) is 12.3 Å². The van der Waals surface area contributed by atoms with Gasteiger partial charge in [-0.05, 0) is 50.6 Å². The molecule has 0 aliphatic rings. The average molecular weight is 440 g/mol. The number of rotatable bonds is 5. The minimum atomic E-state index is -0.543. The number of amides is 1. The van der Waals surface area contributed by atoms with Gasteiger partial charge in [0.25, 0.3) is 5.56 Å². The molecule has 1 atom stereocenters. The number of hydrogen-bond acceptors (Lipinski definition) is 3. The summed E-state index contributed by atoms with van der Waals surface area (Å²) in [6, 6.07) is 12.4. The highest BCUT2D eigenvalue weighted by molar-refractivity contribution is 6.31. The van der Waals surface area contributed by atoms with Crippen molar-refractivity contribution in [3.63, 3.8) is 0 Å². The van der Waals surface area contributed by atoms with E-state index in [4.69, 9.17) is 16.6 Å². The van der Waals surface area contributed by atoms with Gasteiger partial charge in [0.05, 0.1) is 22.6 Å². The van der Waals surface area contributed by atoms with Crippen LogP contribution >= 0.6 is 11.6 Å². The third kappa shape index (κ3) is 4.67. The summed E-state index contributed by atoms with van der Waals surface area (Å²) in [6.45, 7) is 12.3. The van der Waals surface area contributed by atoms with Crippen LogP contribution in [0.25, 0.3) is 16.6 Å². The van der Waals surface area contributed by atoms with Crippen LogP contribution in [0.5, 0.6) is 0 Å². The molecule has 0 aliphatic heterocycles. The van der Waals surface area contributed by atoms with E-state index < -0.39 is 11.5 Å². The van der Waals surface area contributed by atoms with Crippen molar-refractivity contribution in [3.05, 3.63) is 69.2 Å². The lowest BCUT2D eigenvalue weighted by molar-refractivity contribution is -0.142. The third-order valence-corrected chi connectivity index (χ3v) is 5.59. The molecule has 5 nitrogen and oxygen atoms in total. The summed E-state index contributed by atoms with van der Waals surface area (Å²) in [4.78, 5) is 33.5. The smallest absolute Gasteiger partial charge is 0.266 e. The predicted octanol–water partition coefficient (Wildman–Crippen LogP) is 5.69. The Hall–Kier alpha value is -2.66. The van der Waals surface area contributed by atoms with Gasteiger partial charge in [0.15, 0.2) is 0 Å². The van der Waals surface area contributed by atoms with E-state index in [9.17, 15) is 9.59 Å². The lowest BCUT2D eigenvalue weighted by Gasteiger charge is -2.34. The zero-order valence-corrected chi connectivity index (χ0v) is 19.8. The molecule has 0 saturated carbocycles. The summed E-state index contributed by atoms with van der Waals surface area (Å²) in [5.41, 5.74) is 1.64. The summed E-state index contributed by atoms with van der Waals surface area (Å²) in [5.74, 6) is 0.549. The summed E-state index contributed by atoms with van der Waals surface area (Å²) in [7, 11) is 0. The van der Waals surface area contributed by atoms with E-state index in [1.54, 1.807) is 22.8 Å². The Morgan fingerprint density at radius 1 is 1.16 bits per heavy atom. The van der Waals surface area contributed by atoms with Gasteiger partial charge in [-0.2, -0.15) is 0 Å². The Labute approximate surface area is 188 Å². The molecule has 31 heavy (non-hydrogen) atoms. The highest BCUT2D eigenvalue weighted by Crippen LogP contribution is 2.28. The second-order valence-electron chi connectivity index (χ2n) is 9.03. The van der Waals surface area contributed by atoms with Gasteiger partial charge >= 0.3 is 0 Å². The first-order valence-corrected chi connectivity index (χ1v) is 11.0. The molecule has 6 heteroatoms. The van der Waals surface area contributed by atoms with Gasteiger partial charge in [0.1, 0.15) is 5.82 Å². The number of nitrogens with zero attached hydrogens (tertiary/aromatic N) is 3. The molecule has 0 spiro atoms. The number of benzene rings is 2. The van der Waals surface area contributed by atoms with Crippen molar-refractivity contribution in [2.24, 2.45) is 5.41 Å². The monoisotopic (exact) mass is 439 g/mol. The topological polar surface area (TPSA) is 55.2 Å². The molecule has 3 aromatic rings. The van der Waals surface area contributed by atoms with E-state index in [1.165, 1.54) is 0 Å². The first-order chi connectivity index (χ1) is 14.5. The zero-order valence-electron chi connectivity index (χ0n) is 19.1. The van der Waals surface area contributed by atoms with Gasteiger partial charge in [-0.25, -0.2) is 4.98 Å².